The number of aliphatic hydroxyl groups is 1. The molecule has 142 valence electrons. The molecule has 0 aliphatic carbocycles. The topological polar surface area (TPSA) is 69.2 Å². The molecule has 0 atom stereocenters. The van der Waals surface area contributed by atoms with Crippen LogP contribution < -0.4 is 0 Å². The molecule has 0 radical (unpaired) electrons. The van der Waals surface area contributed by atoms with E-state index in [9.17, 15) is 23.1 Å². The zero-order chi connectivity index (χ0) is 19.1. The van der Waals surface area contributed by atoms with E-state index in [2.05, 4.69) is 9.97 Å². The largest absolute Gasteiger partial charge is 0.433 e. The molecule has 0 saturated carbocycles. The Balaban J connectivity index is 1.71. The smallest absolute Gasteiger partial charge is 0.390 e. The van der Waals surface area contributed by atoms with E-state index < -0.39 is 17.5 Å². The van der Waals surface area contributed by atoms with Gasteiger partial charge in [-0.15, -0.1) is 0 Å². The van der Waals surface area contributed by atoms with Gasteiger partial charge in [0.15, 0.2) is 0 Å². The molecule has 1 aliphatic rings. The number of carbonyl (C=O) groups excluding carboxylic acids is 1. The quantitative estimate of drug-likeness (QED) is 0.869. The number of piperidine rings is 1. The first-order valence-corrected chi connectivity index (χ1v) is 8.61. The number of aromatic amines is 1. The number of nitrogens with one attached hydrogen (secondary N) is 1. The second kappa shape index (κ2) is 6.57. The van der Waals surface area contributed by atoms with Crippen molar-refractivity contribution in [2.24, 2.45) is 5.92 Å². The minimum atomic E-state index is -4.52. The van der Waals surface area contributed by atoms with Crippen molar-refractivity contribution in [3.63, 3.8) is 0 Å². The van der Waals surface area contributed by atoms with E-state index in [1.165, 1.54) is 12.1 Å². The summed E-state index contributed by atoms with van der Waals surface area (Å²) in [5, 5.41) is 10.4. The van der Waals surface area contributed by atoms with Crippen LogP contribution in [0.3, 0.4) is 0 Å². The molecule has 0 unspecified atom stereocenters. The Bertz CT molecular complexity index is 800. The number of H-pyrrole nitrogens is 1. The number of halogens is 3. The zero-order valence-electron chi connectivity index (χ0n) is 14.7. The Hall–Kier alpha value is -2.09. The SMILES string of the molecule is CC(C)(O)CC1CCN(C(=O)c2cc3ccc(C(F)(F)F)nc3[nH]2)CC1. The third-order valence-electron chi connectivity index (χ3n) is 4.69. The molecule has 0 spiro atoms. The Morgan fingerprint density at radius 2 is 1.96 bits per heavy atom. The van der Waals surface area contributed by atoms with E-state index in [1.807, 2.05) is 0 Å². The van der Waals surface area contributed by atoms with E-state index in [0.717, 1.165) is 18.9 Å². The fourth-order valence-electron chi connectivity index (χ4n) is 3.50. The number of pyridine rings is 1. The number of alkyl halides is 3. The Morgan fingerprint density at radius 1 is 1.31 bits per heavy atom. The monoisotopic (exact) mass is 369 g/mol. The average Bonchev–Trinajstić information content (AvgIpc) is 2.95. The second-order valence-electron chi connectivity index (χ2n) is 7.57. The van der Waals surface area contributed by atoms with Gasteiger partial charge in [-0.2, -0.15) is 13.2 Å². The number of hydrogen-bond acceptors (Lipinski definition) is 3. The molecule has 2 aromatic heterocycles. The van der Waals surface area contributed by atoms with Crippen LogP contribution in [0.2, 0.25) is 0 Å². The fourth-order valence-corrected chi connectivity index (χ4v) is 3.50. The van der Waals surface area contributed by atoms with Gasteiger partial charge in [0.1, 0.15) is 17.0 Å². The number of hydrogen-bond donors (Lipinski definition) is 2. The average molecular weight is 369 g/mol. The standard InChI is InChI=1S/C18H22F3N3O2/c1-17(2,26)10-11-5-7-24(8-6-11)16(25)13-9-12-3-4-14(18(19,20)21)23-15(12)22-13/h3-4,9,11,26H,5-8,10H2,1-2H3,(H,22,23). The fraction of sp³-hybridized carbons (Fsp3) is 0.556. The van der Waals surface area contributed by atoms with Gasteiger partial charge in [-0.3, -0.25) is 4.79 Å². The minimum absolute atomic E-state index is 0.0556. The number of rotatable bonds is 3. The van der Waals surface area contributed by atoms with Gasteiger partial charge in [-0.1, -0.05) is 0 Å². The lowest BCUT2D eigenvalue weighted by Gasteiger charge is -2.34. The first-order valence-electron chi connectivity index (χ1n) is 8.61. The highest BCUT2D eigenvalue weighted by atomic mass is 19.4. The van der Waals surface area contributed by atoms with E-state index in [0.29, 0.717) is 30.8 Å². The molecule has 2 N–H and O–H groups in total. The molecule has 5 nitrogen and oxygen atoms in total. The second-order valence-corrected chi connectivity index (χ2v) is 7.57. The number of nitrogens with zero attached hydrogens (tertiary/aromatic N) is 2. The predicted molar refractivity (Wildman–Crippen MR) is 90.6 cm³/mol. The number of fused-ring (bicyclic) bond motifs is 1. The molecule has 3 heterocycles. The first kappa shape index (κ1) is 18.7. The third-order valence-corrected chi connectivity index (χ3v) is 4.69. The molecule has 26 heavy (non-hydrogen) atoms. The Labute approximate surface area is 149 Å². The summed E-state index contributed by atoms with van der Waals surface area (Å²) >= 11 is 0. The van der Waals surface area contributed by atoms with Crippen molar-refractivity contribution in [2.45, 2.75) is 44.9 Å². The molecular weight excluding hydrogens is 347 g/mol. The number of likely N-dealkylation sites (tertiary alicyclic amines) is 1. The van der Waals surface area contributed by atoms with E-state index >= 15 is 0 Å². The summed E-state index contributed by atoms with van der Waals surface area (Å²) in [5.74, 6) is 0.121. The van der Waals surface area contributed by atoms with Crippen molar-refractivity contribution in [3.05, 3.63) is 29.6 Å². The van der Waals surface area contributed by atoms with E-state index in [4.69, 9.17) is 0 Å². The lowest BCUT2D eigenvalue weighted by molar-refractivity contribution is -0.141. The van der Waals surface area contributed by atoms with Crippen molar-refractivity contribution in [1.29, 1.82) is 0 Å². The van der Waals surface area contributed by atoms with Crippen LogP contribution in [-0.2, 0) is 6.18 Å². The van der Waals surface area contributed by atoms with Gasteiger partial charge < -0.3 is 15.0 Å². The summed E-state index contributed by atoms with van der Waals surface area (Å²) in [5.41, 5.74) is -1.42. The molecule has 0 aromatic carbocycles. The maximum absolute atomic E-state index is 12.8. The minimum Gasteiger partial charge on any atom is -0.390 e. The van der Waals surface area contributed by atoms with Gasteiger partial charge in [-0.25, -0.2) is 4.98 Å². The molecule has 0 bridgehead atoms. The van der Waals surface area contributed by atoms with Gasteiger partial charge in [0.25, 0.3) is 5.91 Å². The predicted octanol–water partition coefficient (Wildman–Crippen LogP) is 3.59. The molecule has 1 fully saturated rings. The summed E-state index contributed by atoms with van der Waals surface area (Å²) in [4.78, 5) is 20.6. The van der Waals surface area contributed by atoms with Crippen molar-refractivity contribution >= 4 is 16.9 Å². The van der Waals surface area contributed by atoms with E-state index in [1.54, 1.807) is 18.7 Å². The summed E-state index contributed by atoms with van der Waals surface area (Å²) in [6, 6.07) is 3.76. The highest BCUT2D eigenvalue weighted by Crippen LogP contribution is 2.30. The van der Waals surface area contributed by atoms with Crippen LogP contribution in [0.5, 0.6) is 0 Å². The van der Waals surface area contributed by atoms with Crippen molar-refractivity contribution in [1.82, 2.24) is 14.9 Å². The summed E-state index contributed by atoms with van der Waals surface area (Å²) in [6.45, 7) is 4.68. The third kappa shape index (κ3) is 4.17. The maximum atomic E-state index is 12.8. The van der Waals surface area contributed by atoms with Gasteiger partial charge in [0, 0.05) is 18.5 Å². The number of amides is 1. The number of carbonyl (C=O) groups is 1. The van der Waals surface area contributed by atoms with Crippen LogP contribution in [-0.4, -0.2) is 44.6 Å². The first-order chi connectivity index (χ1) is 12.0. The van der Waals surface area contributed by atoms with Gasteiger partial charge in [-0.05, 0) is 57.2 Å². The van der Waals surface area contributed by atoms with Crippen molar-refractivity contribution in [3.8, 4) is 0 Å². The highest BCUT2D eigenvalue weighted by Gasteiger charge is 2.33. The molecule has 3 rings (SSSR count). The van der Waals surface area contributed by atoms with E-state index in [-0.39, 0.29) is 17.2 Å². The van der Waals surface area contributed by atoms with Crippen LogP contribution in [0.4, 0.5) is 13.2 Å². The van der Waals surface area contributed by atoms with Crippen molar-refractivity contribution in [2.75, 3.05) is 13.1 Å². The van der Waals surface area contributed by atoms with Crippen LogP contribution >= 0.6 is 0 Å². The van der Waals surface area contributed by atoms with Gasteiger partial charge in [0.05, 0.1) is 5.60 Å². The molecule has 1 aliphatic heterocycles. The highest BCUT2D eigenvalue weighted by molar-refractivity contribution is 5.97. The Kier molecular flexibility index (Phi) is 4.72. The van der Waals surface area contributed by atoms with Crippen molar-refractivity contribution < 1.29 is 23.1 Å². The molecule has 8 heteroatoms. The summed E-state index contributed by atoms with van der Waals surface area (Å²) in [7, 11) is 0. The van der Waals surface area contributed by atoms with Crippen LogP contribution in [0.15, 0.2) is 18.2 Å². The summed E-state index contributed by atoms with van der Waals surface area (Å²) in [6.07, 6.45) is -2.24. The molecule has 1 amide bonds. The Morgan fingerprint density at radius 3 is 2.54 bits per heavy atom. The number of aromatic nitrogens is 2. The van der Waals surface area contributed by atoms with Gasteiger partial charge in [0.2, 0.25) is 0 Å². The lowest BCUT2D eigenvalue weighted by atomic mass is 9.86. The van der Waals surface area contributed by atoms with Crippen LogP contribution in [0.1, 0.15) is 49.3 Å². The molecule has 1 saturated heterocycles. The lowest BCUT2D eigenvalue weighted by Crippen LogP contribution is -2.40. The normalized spacial score (nSPS) is 17.1. The molecule has 2 aromatic rings. The van der Waals surface area contributed by atoms with Gasteiger partial charge >= 0.3 is 6.18 Å². The molecular formula is C18H22F3N3O2. The maximum Gasteiger partial charge on any atom is 0.433 e. The zero-order valence-corrected chi connectivity index (χ0v) is 14.7. The summed E-state index contributed by atoms with van der Waals surface area (Å²) < 4.78 is 38.3. The van der Waals surface area contributed by atoms with Crippen LogP contribution in [0.25, 0.3) is 11.0 Å². The van der Waals surface area contributed by atoms with Crippen LogP contribution in [0, 0.1) is 5.92 Å².